The first-order valence-corrected chi connectivity index (χ1v) is 5.21. The Balaban J connectivity index is 5.22. The first-order valence-electron chi connectivity index (χ1n) is 5.21. The number of ketones is 1. The third kappa shape index (κ3) is 3.69. The molecule has 0 amide bonds. The summed E-state index contributed by atoms with van der Waals surface area (Å²) in [7, 11) is 2.38. The molecule has 0 rings (SSSR count). The summed E-state index contributed by atoms with van der Waals surface area (Å²) in [6.07, 6.45) is 1.69. The lowest BCUT2D eigenvalue weighted by Gasteiger charge is -2.26. The lowest BCUT2D eigenvalue weighted by atomic mass is 9.79. The van der Waals surface area contributed by atoms with Crippen LogP contribution in [0.3, 0.4) is 0 Å². The Labute approximate surface area is 101 Å². The number of hydrogen-bond donors (Lipinski definition) is 0. The highest BCUT2D eigenvalue weighted by Gasteiger charge is 2.47. The summed E-state index contributed by atoms with van der Waals surface area (Å²) in [4.78, 5) is 34.5. The fourth-order valence-electron chi connectivity index (χ4n) is 1.58. The standard InChI is InChI=1S/C12H18O5/c1-5-7-12(10(14)16-3,11(15)17-4)8-6-9(2)13/h5H,1,6-8H2,2-4H3. The summed E-state index contributed by atoms with van der Waals surface area (Å²) in [6.45, 7) is 4.90. The Morgan fingerprint density at radius 2 is 1.65 bits per heavy atom. The van der Waals surface area contributed by atoms with Crippen LogP contribution in [0, 0.1) is 5.41 Å². The molecule has 0 radical (unpaired) electrons. The lowest BCUT2D eigenvalue weighted by Crippen LogP contribution is -2.41. The zero-order valence-electron chi connectivity index (χ0n) is 10.4. The van der Waals surface area contributed by atoms with Crippen LogP contribution in [0.25, 0.3) is 0 Å². The summed E-state index contributed by atoms with van der Waals surface area (Å²) in [5.74, 6) is -1.51. The zero-order valence-corrected chi connectivity index (χ0v) is 10.4. The molecule has 0 fully saturated rings. The number of carbonyl (C=O) groups excluding carboxylic acids is 3. The van der Waals surface area contributed by atoms with E-state index < -0.39 is 17.4 Å². The maximum Gasteiger partial charge on any atom is 0.323 e. The minimum atomic E-state index is -1.46. The number of Topliss-reactive ketones (excluding diaryl/α,β-unsaturated/α-hetero) is 1. The minimum absolute atomic E-state index is 0.0632. The third-order valence-electron chi connectivity index (χ3n) is 2.55. The zero-order chi connectivity index (χ0) is 13.5. The van der Waals surface area contributed by atoms with Gasteiger partial charge in [0, 0.05) is 6.42 Å². The van der Waals surface area contributed by atoms with Gasteiger partial charge in [0.1, 0.15) is 5.78 Å². The number of esters is 2. The second-order valence-corrected chi connectivity index (χ2v) is 3.76. The van der Waals surface area contributed by atoms with Crippen LogP contribution in [-0.4, -0.2) is 31.9 Å². The molecule has 5 heteroatoms. The van der Waals surface area contributed by atoms with Gasteiger partial charge in [0.2, 0.25) is 0 Å². The number of hydrogen-bond acceptors (Lipinski definition) is 5. The van der Waals surface area contributed by atoms with Crippen LogP contribution in [0.2, 0.25) is 0 Å². The molecule has 17 heavy (non-hydrogen) atoms. The number of carbonyl (C=O) groups is 3. The number of methoxy groups -OCH3 is 2. The maximum atomic E-state index is 11.8. The van der Waals surface area contributed by atoms with Crippen molar-refractivity contribution in [3.63, 3.8) is 0 Å². The van der Waals surface area contributed by atoms with E-state index in [4.69, 9.17) is 0 Å². The van der Waals surface area contributed by atoms with E-state index in [0.717, 1.165) is 0 Å². The fraction of sp³-hybridized carbons (Fsp3) is 0.583. The van der Waals surface area contributed by atoms with Crippen LogP contribution in [0.15, 0.2) is 12.7 Å². The first kappa shape index (κ1) is 15.3. The van der Waals surface area contributed by atoms with E-state index in [-0.39, 0.29) is 25.0 Å². The number of rotatable bonds is 7. The average Bonchev–Trinajstić information content (AvgIpc) is 2.32. The predicted octanol–water partition coefficient (Wildman–Crippen LogP) is 1.26. The Hall–Kier alpha value is -1.65. The van der Waals surface area contributed by atoms with E-state index in [0.29, 0.717) is 0 Å². The Kier molecular flexibility index (Phi) is 6.17. The molecule has 0 aliphatic carbocycles. The van der Waals surface area contributed by atoms with E-state index in [1.54, 1.807) is 0 Å². The van der Waals surface area contributed by atoms with Crippen molar-refractivity contribution in [2.75, 3.05) is 14.2 Å². The van der Waals surface area contributed by atoms with Crippen LogP contribution in [0.5, 0.6) is 0 Å². The molecule has 0 saturated heterocycles. The minimum Gasteiger partial charge on any atom is -0.468 e. The second-order valence-electron chi connectivity index (χ2n) is 3.76. The summed E-state index contributed by atoms with van der Waals surface area (Å²) in [5, 5.41) is 0. The van der Waals surface area contributed by atoms with Crippen LogP contribution >= 0.6 is 0 Å². The van der Waals surface area contributed by atoms with Crippen molar-refractivity contribution >= 4 is 17.7 Å². The van der Waals surface area contributed by atoms with Crippen molar-refractivity contribution in [2.45, 2.75) is 26.2 Å². The second kappa shape index (κ2) is 6.83. The van der Waals surface area contributed by atoms with Gasteiger partial charge in [-0.1, -0.05) is 6.08 Å². The molecule has 5 nitrogen and oxygen atoms in total. The average molecular weight is 242 g/mol. The van der Waals surface area contributed by atoms with E-state index in [2.05, 4.69) is 16.1 Å². The molecule has 0 aromatic carbocycles. The molecule has 0 aromatic rings. The summed E-state index contributed by atoms with van der Waals surface area (Å²) < 4.78 is 9.25. The van der Waals surface area contributed by atoms with Crippen LogP contribution < -0.4 is 0 Å². The van der Waals surface area contributed by atoms with Crippen LogP contribution in [-0.2, 0) is 23.9 Å². The van der Waals surface area contributed by atoms with Gasteiger partial charge in [-0.25, -0.2) is 0 Å². The molecule has 0 N–H and O–H groups in total. The molecule has 96 valence electrons. The van der Waals surface area contributed by atoms with E-state index in [1.807, 2.05) is 0 Å². The lowest BCUT2D eigenvalue weighted by molar-refractivity contribution is -0.169. The van der Waals surface area contributed by atoms with Gasteiger partial charge in [-0.15, -0.1) is 6.58 Å². The monoisotopic (exact) mass is 242 g/mol. The van der Waals surface area contributed by atoms with E-state index >= 15 is 0 Å². The highest BCUT2D eigenvalue weighted by molar-refractivity contribution is 6.00. The van der Waals surface area contributed by atoms with Gasteiger partial charge in [0.15, 0.2) is 5.41 Å². The van der Waals surface area contributed by atoms with Crippen molar-refractivity contribution in [3.8, 4) is 0 Å². The number of allylic oxidation sites excluding steroid dienone is 1. The van der Waals surface area contributed by atoms with E-state index in [9.17, 15) is 14.4 Å². The first-order chi connectivity index (χ1) is 7.94. The van der Waals surface area contributed by atoms with Gasteiger partial charge in [0.05, 0.1) is 14.2 Å². The van der Waals surface area contributed by atoms with Crippen molar-refractivity contribution < 1.29 is 23.9 Å². The van der Waals surface area contributed by atoms with Gasteiger partial charge in [-0.05, 0) is 19.8 Å². The largest absolute Gasteiger partial charge is 0.468 e. The van der Waals surface area contributed by atoms with Crippen molar-refractivity contribution in [1.82, 2.24) is 0 Å². The SMILES string of the molecule is C=CCC(CCC(C)=O)(C(=O)OC)C(=O)OC. The molecule has 0 heterocycles. The predicted molar refractivity (Wildman–Crippen MR) is 61.2 cm³/mol. The van der Waals surface area contributed by atoms with Gasteiger partial charge >= 0.3 is 11.9 Å². The summed E-state index contributed by atoms with van der Waals surface area (Å²) in [6, 6.07) is 0. The van der Waals surface area contributed by atoms with Crippen molar-refractivity contribution in [2.24, 2.45) is 5.41 Å². The molecular weight excluding hydrogens is 224 g/mol. The summed E-state index contributed by atoms with van der Waals surface area (Å²) in [5.41, 5.74) is -1.46. The Bertz CT molecular complexity index is 303. The highest BCUT2D eigenvalue weighted by Crippen LogP contribution is 2.32. The Morgan fingerprint density at radius 3 is 1.94 bits per heavy atom. The van der Waals surface area contributed by atoms with Crippen LogP contribution in [0.4, 0.5) is 0 Å². The molecule has 0 bridgehead atoms. The third-order valence-corrected chi connectivity index (χ3v) is 2.55. The summed E-state index contributed by atoms with van der Waals surface area (Å²) >= 11 is 0. The van der Waals surface area contributed by atoms with Gasteiger partial charge < -0.3 is 14.3 Å². The quantitative estimate of drug-likeness (QED) is 0.382. The number of ether oxygens (including phenoxy) is 2. The fourth-order valence-corrected chi connectivity index (χ4v) is 1.58. The Morgan fingerprint density at radius 1 is 1.18 bits per heavy atom. The molecule has 0 aliphatic rings. The topological polar surface area (TPSA) is 69.7 Å². The van der Waals surface area contributed by atoms with Gasteiger partial charge in [-0.2, -0.15) is 0 Å². The molecule has 0 atom stereocenters. The molecule has 0 spiro atoms. The normalized spacial score (nSPS) is 10.5. The van der Waals surface area contributed by atoms with Gasteiger partial charge in [0.25, 0.3) is 0 Å². The molecule has 0 unspecified atom stereocenters. The maximum absolute atomic E-state index is 11.8. The molecule has 0 aliphatic heterocycles. The van der Waals surface area contributed by atoms with Crippen LogP contribution in [0.1, 0.15) is 26.2 Å². The smallest absolute Gasteiger partial charge is 0.323 e. The van der Waals surface area contributed by atoms with Gasteiger partial charge in [-0.3, -0.25) is 9.59 Å². The van der Waals surface area contributed by atoms with Crippen molar-refractivity contribution in [1.29, 1.82) is 0 Å². The molecular formula is C12H18O5. The molecule has 0 saturated carbocycles. The van der Waals surface area contributed by atoms with E-state index in [1.165, 1.54) is 27.2 Å². The van der Waals surface area contributed by atoms with Crippen molar-refractivity contribution in [3.05, 3.63) is 12.7 Å². The highest BCUT2D eigenvalue weighted by atomic mass is 16.5. The molecule has 0 aromatic heterocycles.